The van der Waals surface area contributed by atoms with Crippen molar-refractivity contribution in [2.24, 2.45) is 23.7 Å². The normalized spacial score (nSPS) is 39.5. The Kier molecular flexibility index (Phi) is 11.4. The molecule has 0 amide bonds. The van der Waals surface area contributed by atoms with Crippen LogP contribution in [0.4, 0.5) is 0 Å². The zero-order valence-electron chi connectivity index (χ0n) is 33.2. The summed E-state index contributed by atoms with van der Waals surface area (Å²) in [5.41, 5.74) is 0.0909. The van der Waals surface area contributed by atoms with Crippen LogP contribution >= 0.6 is 0 Å². The van der Waals surface area contributed by atoms with Gasteiger partial charge < -0.3 is 43.0 Å². The highest BCUT2D eigenvalue weighted by atomic mass is 16.7. The number of fused-ring (bicyclic) bond motifs is 3. The molecule has 1 spiro atoms. The van der Waals surface area contributed by atoms with Crippen molar-refractivity contribution in [2.75, 3.05) is 13.4 Å². The number of benzene rings is 1. The standard InChI is InChI=1S/C44H54O12/c1-8-24(2)38-27(5)16-17-43(56-38)21-33-20-32(55-43)14-12-26(4)37(52-29(7)45)25(3)10-9-11-31-22-49-40-39(28(6)18-34(42(47)53-33)44(31,40)48)54-41(46)30-13-15-35-36(19-30)51-23-50-35/h9-13,15-19,24-25,27,32-34,37-40,48H,8,14,20-23H2,1-7H3/b10-9+,26-12+,31-11+/t24-,25-,27-,32+,33-,34-,37-,38+,39+,40+,43+,44+/m0/s1. The van der Waals surface area contributed by atoms with Gasteiger partial charge in [0.2, 0.25) is 6.79 Å². The fraction of sp³-hybridized carbons (Fsp3) is 0.568. The second-order valence-corrected chi connectivity index (χ2v) is 16.2. The number of hydrogen-bond acceptors (Lipinski definition) is 12. The summed E-state index contributed by atoms with van der Waals surface area (Å²) in [5.74, 6) is -2.91. The molecule has 12 nitrogen and oxygen atoms in total. The van der Waals surface area contributed by atoms with Gasteiger partial charge in [0.25, 0.3) is 0 Å². The lowest BCUT2D eigenvalue weighted by molar-refractivity contribution is -0.300. The summed E-state index contributed by atoms with van der Waals surface area (Å²) in [7, 11) is 0. The Morgan fingerprint density at radius 1 is 1.00 bits per heavy atom. The minimum Gasteiger partial charge on any atom is -0.462 e. The number of allylic oxidation sites excluding steroid dienone is 2. The Morgan fingerprint density at radius 2 is 1.79 bits per heavy atom. The monoisotopic (exact) mass is 774 g/mol. The molecule has 6 aliphatic rings. The highest BCUT2D eigenvalue weighted by Gasteiger charge is 2.61. The molecule has 56 heavy (non-hydrogen) atoms. The Bertz CT molecular complexity index is 1860. The van der Waals surface area contributed by atoms with Crippen molar-refractivity contribution in [1.82, 2.24) is 0 Å². The van der Waals surface area contributed by atoms with Gasteiger partial charge in [0.15, 0.2) is 23.4 Å². The molecule has 12 atom stereocenters. The van der Waals surface area contributed by atoms with Gasteiger partial charge in [-0.25, -0.2) is 4.79 Å². The molecule has 302 valence electrons. The van der Waals surface area contributed by atoms with E-state index < -0.39 is 65.7 Å². The van der Waals surface area contributed by atoms with Crippen LogP contribution in [0, 0.1) is 23.7 Å². The van der Waals surface area contributed by atoms with Crippen molar-refractivity contribution in [3.63, 3.8) is 0 Å². The molecular weight excluding hydrogens is 720 g/mol. The van der Waals surface area contributed by atoms with Crippen LogP contribution in [0.5, 0.6) is 11.5 Å². The second kappa shape index (κ2) is 16.0. The fourth-order valence-corrected chi connectivity index (χ4v) is 8.87. The number of carbonyl (C=O) groups is 3. The van der Waals surface area contributed by atoms with E-state index >= 15 is 0 Å². The van der Waals surface area contributed by atoms with E-state index in [2.05, 4.69) is 26.8 Å². The van der Waals surface area contributed by atoms with Crippen molar-refractivity contribution < 1.29 is 57.4 Å². The first kappa shape index (κ1) is 40.0. The highest BCUT2D eigenvalue weighted by molar-refractivity contribution is 5.90. The molecule has 0 aromatic heterocycles. The van der Waals surface area contributed by atoms with Gasteiger partial charge in [0.05, 0.1) is 24.4 Å². The van der Waals surface area contributed by atoms with E-state index in [1.807, 2.05) is 32.1 Å². The summed E-state index contributed by atoms with van der Waals surface area (Å²) in [6.07, 6.45) is 11.2. The Labute approximate surface area is 328 Å². The molecule has 0 unspecified atom stereocenters. The van der Waals surface area contributed by atoms with Gasteiger partial charge in [-0.3, -0.25) is 9.59 Å². The van der Waals surface area contributed by atoms with Gasteiger partial charge in [-0.1, -0.05) is 70.6 Å². The lowest BCUT2D eigenvalue weighted by atomic mass is 9.70. The molecule has 0 radical (unpaired) electrons. The van der Waals surface area contributed by atoms with E-state index in [0.29, 0.717) is 35.5 Å². The number of carbonyl (C=O) groups excluding carboxylic acids is 3. The minimum atomic E-state index is -1.94. The summed E-state index contributed by atoms with van der Waals surface area (Å²) in [6, 6.07) is 4.76. The topological polar surface area (TPSA) is 145 Å². The summed E-state index contributed by atoms with van der Waals surface area (Å²) in [5, 5.41) is 12.8. The molecule has 1 aromatic rings. The van der Waals surface area contributed by atoms with Crippen LogP contribution in [0.3, 0.4) is 0 Å². The van der Waals surface area contributed by atoms with Gasteiger partial charge >= 0.3 is 17.9 Å². The number of hydrogen-bond donors (Lipinski definition) is 1. The van der Waals surface area contributed by atoms with Gasteiger partial charge in [-0.15, -0.1) is 0 Å². The van der Waals surface area contributed by atoms with Gasteiger partial charge in [0, 0.05) is 31.6 Å². The van der Waals surface area contributed by atoms with Crippen LogP contribution in [0.15, 0.2) is 77.5 Å². The van der Waals surface area contributed by atoms with Crippen LogP contribution in [0.1, 0.15) is 84.5 Å². The lowest BCUT2D eigenvalue weighted by Gasteiger charge is -2.48. The fourth-order valence-electron chi connectivity index (χ4n) is 8.87. The number of aliphatic hydroxyl groups is 1. The predicted molar refractivity (Wildman–Crippen MR) is 203 cm³/mol. The smallest absolute Gasteiger partial charge is 0.338 e. The molecule has 1 N–H and O–H groups in total. The first-order chi connectivity index (χ1) is 26.7. The number of ether oxygens (including phenoxy) is 8. The van der Waals surface area contributed by atoms with Crippen LogP contribution < -0.4 is 9.47 Å². The summed E-state index contributed by atoms with van der Waals surface area (Å²) >= 11 is 0. The van der Waals surface area contributed by atoms with Crippen LogP contribution in [0.25, 0.3) is 0 Å². The predicted octanol–water partition coefficient (Wildman–Crippen LogP) is 6.47. The number of esters is 3. The molecule has 0 saturated carbocycles. The first-order valence-corrected chi connectivity index (χ1v) is 19.8. The van der Waals surface area contributed by atoms with Crippen LogP contribution in [-0.4, -0.2) is 84.4 Å². The van der Waals surface area contributed by atoms with E-state index in [1.165, 1.54) is 6.92 Å². The Balaban J connectivity index is 1.26. The van der Waals surface area contributed by atoms with Crippen molar-refractivity contribution in [2.45, 2.75) is 122 Å². The quantitative estimate of drug-likeness (QED) is 0.199. The second-order valence-electron chi connectivity index (χ2n) is 16.2. The van der Waals surface area contributed by atoms with Crippen molar-refractivity contribution in [1.29, 1.82) is 0 Å². The first-order valence-electron chi connectivity index (χ1n) is 19.8. The summed E-state index contributed by atoms with van der Waals surface area (Å²) in [4.78, 5) is 40.4. The average Bonchev–Trinajstić information content (AvgIpc) is 3.78. The molecule has 1 aliphatic carbocycles. The molecule has 2 bridgehead atoms. The van der Waals surface area contributed by atoms with E-state index in [4.69, 9.17) is 37.9 Å². The van der Waals surface area contributed by atoms with E-state index in [1.54, 1.807) is 43.4 Å². The molecule has 5 heterocycles. The molecule has 7 rings (SSSR count). The highest BCUT2D eigenvalue weighted by Crippen LogP contribution is 2.48. The molecule has 2 saturated heterocycles. The third-order valence-corrected chi connectivity index (χ3v) is 12.1. The molecule has 5 aliphatic heterocycles. The number of rotatable bonds is 5. The Hall–Kier alpha value is -4.23. The Morgan fingerprint density at radius 3 is 2.55 bits per heavy atom. The van der Waals surface area contributed by atoms with E-state index in [0.717, 1.165) is 12.0 Å². The lowest BCUT2D eigenvalue weighted by Crippen LogP contribution is -2.59. The molecule has 2 fully saturated rings. The summed E-state index contributed by atoms with van der Waals surface area (Å²) < 4.78 is 49.0. The molecular formula is C44H54O12. The minimum absolute atomic E-state index is 0.0363. The maximum Gasteiger partial charge on any atom is 0.338 e. The van der Waals surface area contributed by atoms with E-state index in [-0.39, 0.29) is 49.2 Å². The van der Waals surface area contributed by atoms with Gasteiger partial charge in [0.1, 0.15) is 29.8 Å². The molecule has 12 heteroatoms. The van der Waals surface area contributed by atoms with Crippen molar-refractivity contribution in [3.8, 4) is 11.5 Å². The van der Waals surface area contributed by atoms with E-state index in [9.17, 15) is 19.5 Å². The SMILES string of the molecule is CC[C@H](C)[C@H]1O[C@]2(C=C[C@@H]1C)C[C@@H]1C[C@@H](C/C=C(\C)[C@@H](OC(C)=O)[C@@H](C)/C=C/C=C3\CO[C@@H]4[C@H](OC(=O)c5ccc6c(c5)OCO6)C(C)=C[C@@H](C(=O)O1)[C@]34O)O2. The van der Waals surface area contributed by atoms with Crippen molar-refractivity contribution >= 4 is 17.9 Å². The third-order valence-electron chi connectivity index (χ3n) is 12.1. The van der Waals surface area contributed by atoms with Crippen molar-refractivity contribution in [3.05, 3.63) is 83.0 Å². The maximum absolute atomic E-state index is 14.5. The largest absolute Gasteiger partial charge is 0.462 e. The van der Waals surface area contributed by atoms with Crippen LogP contribution in [-0.2, 0) is 38.0 Å². The third kappa shape index (κ3) is 7.73. The average molecular weight is 775 g/mol. The maximum atomic E-state index is 14.5. The summed E-state index contributed by atoms with van der Waals surface area (Å²) in [6.45, 7) is 13.5. The van der Waals surface area contributed by atoms with Gasteiger partial charge in [-0.2, -0.15) is 0 Å². The zero-order chi connectivity index (χ0) is 39.9. The van der Waals surface area contributed by atoms with Gasteiger partial charge in [-0.05, 0) is 67.2 Å². The zero-order valence-corrected chi connectivity index (χ0v) is 33.2. The molecule has 1 aromatic carbocycles. The van der Waals surface area contributed by atoms with Crippen LogP contribution in [0.2, 0.25) is 0 Å².